The van der Waals surface area contributed by atoms with E-state index >= 15 is 0 Å². The summed E-state index contributed by atoms with van der Waals surface area (Å²) < 4.78 is 0. The van der Waals surface area contributed by atoms with Crippen LogP contribution in [0.3, 0.4) is 0 Å². The van der Waals surface area contributed by atoms with Crippen LogP contribution in [0.25, 0.3) is 0 Å². The summed E-state index contributed by atoms with van der Waals surface area (Å²) in [7, 11) is 0. The number of nitrogens with zero attached hydrogens (tertiary/aromatic N) is 3. The molecule has 0 saturated carbocycles. The lowest BCUT2D eigenvalue weighted by atomic mass is 9.84. The van der Waals surface area contributed by atoms with Crippen LogP contribution in [0.1, 0.15) is 42.4 Å². The highest BCUT2D eigenvalue weighted by Crippen LogP contribution is 2.31. The van der Waals surface area contributed by atoms with Crippen molar-refractivity contribution in [3.63, 3.8) is 0 Å². The molecule has 0 spiro atoms. The zero-order valence-electron chi connectivity index (χ0n) is 19.3. The first-order chi connectivity index (χ1) is 16.4. The fourth-order valence-corrected chi connectivity index (χ4v) is 4.53. The highest BCUT2D eigenvalue weighted by atomic mass is 16.6. The van der Waals surface area contributed by atoms with Gasteiger partial charge >= 0.3 is 5.97 Å². The highest BCUT2D eigenvalue weighted by molar-refractivity contribution is 6.03. The zero-order valence-corrected chi connectivity index (χ0v) is 19.3. The lowest BCUT2D eigenvalue weighted by Gasteiger charge is -2.38. The number of amidine groups is 1. The van der Waals surface area contributed by atoms with Crippen molar-refractivity contribution < 1.29 is 19.8 Å². The van der Waals surface area contributed by atoms with E-state index < -0.39 is 11.6 Å². The number of carboxylic acids is 1. The van der Waals surface area contributed by atoms with Gasteiger partial charge in [-0.1, -0.05) is 59.8 Å². The van der Waals surface area contributed by atoms with E-state index in [2.05, 4.69) is 22.3 Å². The maximum absolute atomic E-state index is 10.9. The molecular weight excluding hydrogens is 432 g/mol. The molecule has 8 heteroatoms. The van der Waals surface area contributed by atoms with Gasteiger partial charge in [-0.25, -0.2) is 0 Å². The van der Waals surface area contributed by atoms with Crippen LogP contribution < -0.4 is 5.73 Å². The van der Waals surface area contributed by atoms with Gasteiger partial charge in [0.05, 0.1) is 17.9 Å². The Balaban J connectivity index is 1.26. The number of oxime groups is 1. The molecular formula is C26H32N4O4. The summed E-state index contributed by atoms with van der Waals surface area (Å²) in [6.45, 7) is 1.79. The smallest absolute Gasteiger partial charge is 0.317 e. The number of carboxylic acid groups (broad SMARTS) is 1. The second-order valence-corrected chi connectivity index (χ2v) is 9.15. The molecule has 2 aromatic carbocycles. The molecule has 4 rings (SSSR count). The molecule has 180 valence electrons. The van der Waals surface area contributed by atoms with Crippen molar-refractivity contribution in [3.05, 3.63) is 71.3 Å². The largest absolute Gasteiger partial charge is 0.480 e. The topological polar surface area (TPSA) is 121 Å². The Hall–Kier alpha value is -3.23. The van der Waals surface area contributed by atoms with Crippen LogP contribution in [0.15, 0.2) is 64.7 Å². The average molecular weight is 465 g/mol. The van der Waals surface area contributed by atoms with Gasteiger partial charge in [0, 0.05) is 38.0 Å². The molecule has 1 fully saturated rings. The predicted molar refractivity (Wildman–Crippen MR) is 131 cm³/mol. The third-order valence-corrected chi connectivity index (χ3v) is 6.53. The molecule has 1 atom stereocenters. The molecule has 2 aromatic rings. The van der Waals surface area contributed by atoms with Gasteiger partial charge in [-0.15, -0.1) is 0 Å². The van der Waals surface area contributed by atoms with E-state index in [0.717, 1.165) is 23.3 Å². The summed E-state index contributed by atoms with van der Waals surface area (Å²) in [5.41, 5.74) is 9.24. The molecule has 2 aliphatic heterocycles. The molecule has 0 bridgehead atoms. The Morgan fingerprint density at radius 2 is 1.85 bits per heavy atom. The van der Waals surface area contributed by atoms with Gasteiger partial charge in [-0.3, -0.25) is 14.7 Å². The van der Waals surface area contributed by atoms with E-state index in [1.807, 2.05) is 47.4 Å². The van der Waals surface area contributed by atoms with E-state index in [1.165, 1.54) is 5.56 Å². The number of piperidine rings is 1. The van der Waals surface area contributed by atoms with Gasteiger partial charge in [0.2, 0.25) is 0 Å². The summed E-state index contributed by atoms with van der Waals surface area (Å²) in [6.07, 6.45) is 2.84. The van der Waals surface area contributed by atoms with Crippen LogP contribution in [0.4, 0.5) is 0 Å². The number of aliphatic carboxylic acids is 1. The minimum absolute atomic E-state index is 0.0154. The van der Waals surface area contributed by atoms with Gasteiger partial charge in [-0.2, -0.15) is 0 Å². The number of hydrogen-bond acceptors (Lipinski definition) is 6. The van der Waals surface area contributed by atoms with Crippen LogP contribution in [0.2, 0.25) is 0 Å². The molecule has 1 unspecified atom stereocenters. The summed E-state index contributed by atoms with van der Waals surface area (Å²) in [6, 6.07) is 18.0. The normalized spacial score (nSPS) is 20.6. The summed E-state index contributed by atoms with van der Waals surface area (Å²) >= 11 is 0. The Kier molecular flexibility index (Phi) is 7.59. The SMILES string of the molecule is NC(=NCCc1ccccc1)c1ccc(C2=NOC(CC3(O)CCN(CC(=O)O)CC3)C2)cc1. The molecule has 8 nitrogen and oxygen atoms in total. The molecule has 0 aliphatic carbocycles. The molecule has 1 saturated heterocycles. The van der Waals surface area contributed by atoms with Crippen molar-refractivity contribution in [3.8, 4) is 0 Å². The van der Waals surface area contributed by atoms with E-state index in [-0.39, 0.29) is 12.6 Å². The zero-order chi connectivity index (χ0) is 24.0. The van der Waals surface area contributed by atoms with Crippen LogP contribution in [-0.2, 0) is 16.1 Å². The number of aliphatic hydroxyl groups is 1. The molecule has 2 aliphatic rings. The van der Waals surface area contributed by atoms with E-state index in [4.69, 9.17) is 15.7 Å². The minimum atomic E-state index is -0.848. The molecule has 0 radical (unpaired) electrons. The number of aliphatic imine (C=N–C) groups is 1. The minimum Gasteiger partial charge on any atom is -0.480 e. The van der Waals surface area contributed by atoms with E-state index in [1.54, 1.807) is 0 Å². The number of nitrogens with two attached hydrogens (primary N) is 1. The summed E-state index contributed by atoms with van der Waals surface area (Å²) in [4.78, 5) is 22.9. The third kappa shape index (κ3) is 6.42. The number of hydrogen-bond donors (Lipinski definition) is 3. The molecule has 2 heterocycles. The summed E-state index contributed by atoms with van der Waals surface area (Å²) in [5, 5.41) is 24.1. The molecule has 0 aromatic heterocycles. The monoisotopic (exact) mass is 464 g/mol. The second kappa shape index (κ2) is 10.8. The van der Waals surface area contributed by atoms with Gasteiger partial charge < -0.3 is 20.8 Å². The van der Waals surface area contributed by atoms with Crippen molar-refractivity contribution in [1.82, 2.24) is 4.90 Å². The lowest BCUT2D eigenvalue weighted by molar-refractivity contribution is -0.140. The first kappa shape index (κ1) is 23.9. The van der Waals surface area contributed by atoms with Crippen LogP contribution in [0, 0.1) is 0 Å². The first-order valence-corrected chi connectivity index (χ1v) is 11.7. The molecule has 4 N–H and O–H groups in total. The average Bonchev–Trinajstić information content (AvgIpc) is 3.29. The van der Waals surface area contributed by atoms with Crippen molar-refractivity contribution in [1.29, 1.82) is 0 Å². The fraction of sp³-hybridized carbons (Fsp3) is 0.423. The van der Waals surface area contributed by atoms with Crippen LogP contribution >= 0.6 is 0 Å². The standard InChI is InChI=1S/C26H32N4O4/c27-25(28-13-10-19-4-2-1-3-5-19)21-8-6-20(7-9-21)23-16-22(34-29-23)17-26(33)11-14-30(15-12-26)18-24(31)32/h1-9,22,33H,10-18H2,(H2,27,28)(H,31,32). The van der Waals surface area contributed by atoms with E-state index in [0.29, 0.717) is 51.2 Å². The fourth-order valence-electron chi connectivity index (χ4n) is 4.53. The van der Waals surface area contributed by atoms with E-state index in [9.17, 15) is 9.90 Å². The number of benzene rings is 2. The molecule has 0 amide bonds. The Labute approximate surface area is 199 Å². The third-order valence-electron chi connectivity index (χ3n) is 6.53. The number of rotatable bonds is 9. The molecule has 34 heavy (non-hydrogen) atoms. The number of carbonyl (C=O) groups is 1. The van der Waals surface area contributed by atoms with Crippen LogP contribution in [-0.4, -0.2) is 70.5 Å². The second-order valence-electron chi connectivity index (χ2n) is 9.15. The van der Waals surface area contributed by atoms with Crippen molar-refractivity contribution in [2.45, 2.75) is 43.8 Å². The van der Waals surface area contributed by atoms with Gasteiger partial charge in [0.25, 0.3) is 0 Å². The predicted octanol–water partition coefficient (Wildman–Crippen LogP) is 2.43. The van der Waals surface area contributed by atoms with Crippen LogP contribution in [0.5, 0.6) is 0 Å². The van der Waals surface area contributed by atoms with Gasteiger partial charge in [-0.05, 0) is 30.4 Å². The summed E-state index contributed by atoms with van der Waals surface area (Å²) in [5.74, 6) is -0.324. The van der Waals surface area contributed by atoms with Crippen molar-refractivity contribution >= 4 is 17.5 Å². The van der Waals surface area contributed by atoms with Gasteiger partial charge in [0.15, 0.2) is 0 Å². The maximum atomic E-state index is 10.9. The first-order valence-electron chi connectivity index (χ1n) is 11.7. The van der Waals surface area contributed by atoms with Crippen molar-refractivity contribution in [2.24, 2.45) is 15.9 Å². The Morgan fingerprint density at radius 1 is 1.15 bits per heavy atom. The quantitative estimate of drug-likeness (QED) is 0.387. The lowest BCUT2D eigenvalue weighted by Crippen LogP contribution is -2.47. The van der Waals surface area contributed by atoms with Crippen molar-refractivity contribution in [2.75, 3.05) is 26.2 Å². The highest BCUT2D eigenvalue weighted by Gasteiger charge is 2.37. The maximum Gasteiger partial charge on any atom is 0.317 e. The number of likely N-dealkylation sites (tertiary alicyclic amines) is 1. The van der Waals surface area contributed by atoms with Gasteiger partial charge in [0.1, 0.15) is 11.9 Å². The Morgan fingerprint density at radius 3 is 2.53 bits per heavy atom. The Bertz CT molecular complexity index is 1030.